The molecule has 5 aromatic carbocycles. The van der Waals surface area contributed by atoms with Gasteiger partial charge in [0.15, 0.2) is 0 Å². The summed E-state index contributed by atoms with van der Waals surface area (Å²) in [6.07, 6.45) is 0. The molecule has 1 nitrogen and oxygen atoms in total. The van der Waals surface area contributed by atoms with E-state index in [1.807, 2.05) is 0 Å². The van der Waals surface area contributed by atoms with Crippen molar-refractivity contribution < 1.29 is 0 Å². The molecule has 0 N–H and O–H groups in total. The van der Waals surface area contributed by atoms with Gasteiger partial charge in [-0.3, -0.25) is 0 Å². The molecule has 0 unspecified atom stereocenters. The van der Waals surface area contributed by atoms with Crippen LogP contribution in [0.15, 0.2) is 103 Å². The van der Waals surface area contributed by atoms with Crippen LogP contribution in [0.25, 0.3) is 49.0 Å². The van der Waals surface area contributed by atoms with E-state index in [0.717, 1.165) is 0 Å². The minimum Gasteiger partial charge on any atom is -0.308 e. The van der Waals surface area contributed by atoms with Gasteiger partial charge in [0.1, 0.15) is 0 Å². The number of aromatic nitrogens is 1. The molecule has 0 fully saturated rings. The molecule has 0 radical (unpaired) electrons. The van der Waals surface area contributed by atoms with Crippen LogP contribution in [0.1, 0.15) is 0 Å². The number of nitrogens with zero attached hydrogens (tertiary/aromatic N) is 1. The van der Waals surface area contributed by atoms with Gasteiger partial charge in [-0.15, -0.1) is 0 Å². The molecule has 6 rings (SSSR count). The number of para-hydroxylation sites is 2. The molecular formula is C26H17N. The van der Waals surface area contributed by atoms with Crippen molar-refractivity contribution >= 4 is 43.4 Å². The lowest BCUT2D eigenvalue weighted by Crippen LogP contribution is -1.97. The lowest BCUT2D eigenvalue weighted by molar-refractivity contribution is 1.21. The maximum atomic E-state index is 2.44. The van der Waals surface area contributed by atoms with Gasteiger partial charge in [0.05, 0.1) is 16.7 Å². The molecule has 0 atom stereocenters. The number of benzene rings is 5. The molecule has 27 heavy (non-hydrogen) atoms. The molecule has 0 spiro atoms. The van der Waals surface area contributed by atoms with Crippen molar-refractivity contribution in [3.8, 4) is 5.69 Å². The Morgan fingerprint density at radius 1 is 0.407 bits per heavy atom. The van der Waals surface area contributed by atoms with Crippen LogP contribution in [-0.2, 0) is 0 Å². The summed E-state index contributed by atoms with van der Waals surface area (Å²) >= 11 is 0. The van der Waals surface area contributed by atoms with Gasteiger partial charge in [0, 0.05) is 21.5 Å². The van der Waals surface area contributed by atoms with Gasteiger partial charge in [-0.05, 0) is 29.0 Å². The van der Waals surface area contributed by atoms with Crippen LogP contribution in [0, 0.1) is 0 Å². The van der Waals surface area contributed by atoms with Crippen molar-refractivity contribution in [2.24, 2.45) is 0 Å². The minimum atomic E-state index is 1.25. The highest BCUT2D eigenvalue weighted by Gasteiger charge is 2.16. The van der Waals surface area contributed by atoms with Gasteiger partial charge in [-0.1, -0.05) is 84.9 Å². The lowest BCUT2D eigenvalue weighted by Gasteiger charge is -2.15. The van der Waals surface area contributed by atoms with Gasteiger partial charge >= 0.3 is 0 Å². The highest BCUT2D eigenvalue weighted by molar-refractivity contribution is 6.14. The molecule has 0 amide bonds. The van der Waals surface area contributed by atoms with E-state index < -0.39 is 0 Å². The Balaban J connectivity index is 1.94. The lowest BCUT2D eigenvalue weighted by atomic mass is 10.0. The molecule has 0 saturated heterocycles. The number of hydrogen-bond acceptors (Lipinski definition) is 0. The first-order chi connectivity index (χ1) is 13.4. The van der Waals surface area contributed by atoms with E-state index in [1.54, 1.807) is 0 Å². The molecule has 0 saturated carbocycles. The minimum absolute atomic E-state index is 1.25. The Morgan fingerprint density at radius 2 is 0.815 bits per heavy atom. The summed E-state index contributed by atoms with van der Waals surface area (Å²) in [4.78, 5) is 0. The first kappa shape index (κ1) is 14.6. The third-order valence-corrected chi connectivity index (χ3v) is 5.55. The van der Waals surface area contributed by atoms with E-state index in [2.05, 4.69) is 108 Å². The summed E-state index contributed by atoms with van der Waals surface area (Å²) in [5.74, 6) is 0. The number of fused-ring (bicyclic) bond motifs is 5. The van der Waals surface area contributed by atoms with Crippen molar-refractivity contribution in [2.75, 3.05) is 0 Å². The Labute approximate surface area is 157 Å². The summed E-state index contributed by atoms with van der Waals surface area (Å²) in [7, 11) is 0. The molecule has 0 aliphatic carbocycles. The van der Waals surface area contributed by atoms with Crippen LogP contribution in [0.4, 0.5) is 0 Å². The van der Waals surface area contributed by atoms with Crippen LogP contribution in [-0.4, -0.2) is 4.57 Å². The fourth-order valence-corrected chi connectivity index (χ4v) is 4.39. The van der Waals surface area contributed by atoms with E-state index in [9.17, 15) is 0 Å². The Hall–Kier alpha value is -3.58. The van der Waals surface area contributed by atoms with Crippen LogP contribution in [0.5, 0.6) is 0 Å². The van der Waals surface area contributed by atoms with E-state index in [0.29, 0.717) is 0 Å². The smallest absolute Gasteiger partial charge is 0.0618 e. The SMILES string of the molecule is c1ccc2c(-n3c4ccccc4c4ccccc43)c3ccccc3cc2c1. The van der Waals surface area contributed by atoms with Crippen molar-refractivity contribution in [2.45, 2.75) is 0 Å². The molecular weight excluding hydrogens is 326 g/mol. The predicted molar refractivity (Wildman–Crippen MR) is 116 cm³/mol. The van der Waals surface area contributed by atoms with Gasteiger partial charge in [0.25, 0.3) is 0 Å². The zero-order valence-corrected chi connectivity index (χ0v) is 14.8. The van der Waals surface area contributed by atoms with Crippen LogP contribution in [0.2, 0.25) is 0 Å². The average molecular weight is 343 g/mol. The van der Waals surface area contributed by atoms with E-state index in [-0.39, 0.29) is 0 Å². The zero-order chi connectivity index (χ0) is 17.8. The quantitative estimate of drug-likeness (QED) is 0.281. The van der Waals surface area contributed by atoms with Gasteiger partial charge < -0.3 is 4.57 Å². The molecule has 0 aliphatic rings. The van der Waals surface area contributed by atoms with Gasteiger partial charge in [-0.2, -0.15) is 0 Å². The molecule has 1 aromatic heterocycles. The Bertz CT molecular complexity index is 1360. The summed E-state index contributed by atoms with van der Waals surface area (Å²) < 4.78 is 2.44. The van der Waals surface area contributed by atoms with Crippen molar-refractivity contribution in [1.29, 1.82) is 0 Å². The topological polar surface area (TPSA) is 4.93 Å². The largest absolute Gasteiger partial charge is 0.308 e. The van der Waals surface area contributed by atoms with E-state index >= 15 is 0 Å². The molecule has 1 heterocycles. The molecule has 0 aliphatic heterocycles. The predicted octanol–water partition coefficient (Wildman–Crippen LogP) is 7.09. The fraction of sp³-hybridized carbons (Fsp3) is 0. The maximum absolute atomic E-state index is 2.44. The average Bonchev–Trinajstić information content (AvgIpc) is 3.06. The molecule has 126 valence electrons. The molecule has 1 heteroatoms. The summed E-state index contributed by atoms with van der Waals surface area (Å²) in [5, 5.41) is 7.70. The first-order valence-electron chi connectivity index (χ1n) is 9.31. The molecule has 6 aromatic rings. The van der Waals surface area contributed by atoms with Crippen molar-refractivity contribution in [3.05, 3.63) is 103 Å². The van der Waals surface area contributed by atoms with Crippen LogP contribution >= 0.6 is 0 Å². The fourth-order valence-electron chi connectivity index (χ4n) is 4.39. The highest BCUT2D eigenvalue weighted by atomic mass is 15.0. The van der Waals surface area contributed by atoms with Crippen molar-refractivity contribution in [1.82, 2.24) is 4.57 Å². The van der Waals surface area contributed by atoms with Crippen molar-refractivity contribution in [3.63, 3.8) is 0 Å². The van der Waals surface area contributed by atoms with E-state index in [1.165, 1.54) is 49.0 Å². The summed E-state index contributed by atoms with van der Waals surface area (Å²) in [6, 6.07) is 37.1. The number of rotatable bonds is 1. The maximum Gasteiger partial charge on any atom is 0.0618 e. The summed E-state index contributed by atoms with van der Waals surface area (Å²) in [5.41, 5.74) is 3.77. The standard InChI is InChI=1S/C26H17N/c1-3-11-20-18(9-1)17-19-10-2-4-12-21(19)26(20)27-24-15-7-5-13-22(24)23-14-6-8-16-25(23)27/h1-17H. The Morgan fingerprint density at radius 3 is 1.33 bits per heavy atom. The second-order valence-electron chi connectivity index (χ2n) is 7.04. The number of hydrogen-bond donors (Lipinski definition) is 0. The first-order valence-corrected chi connectivity index (χ1v) is 9.31. The third-order valence-electron chi connectivity index (χ3n) is 5.55. The van der Waals surface area contributed by atoms with Crippen LogP contribution < -0.4 is 0 Å². The van der Waals surface area contributed by atoms with Gasteiger partial charge in [0.2, 0.25) is 0 Å². The van der Waals surface area contributed by atoms with Gasteiger partial charge in [-0.25, -0.2) is 0 Å². The summed E-state index contributed by atoms with van der Waals surface area (Å²) in [6.45, 7) is 0. The Kier molecular flexibility index (Phi) is 2.95. The second-order valence-corrected chi connectivity index (χ2v) is 7.04. The van der Waals surface area contributed by atoms with E-state index in [4.69, 9.17) is 0 Å². The zero-order valence-electron chi connectivity index (χ0n) is 14.8. The molecule has 0 bridgehead atoms. The highest BCUT2D eigenvalue weighted by Crippen LogP contribution is 2.38. The second kappa shape index (κ2) is 5.46. The normalized spacial score (nSPS) is 11.7. The monoisotopic (exact) mass is 343 g/mol. The third kappa shape index (κ3) is 2.00. The van der Waals surface area contributed by atoms with Crippen LogP contribution in [0.3, 0.4) is 0 Å².